The molecule has 0 saturated carbocycles. The van der Waals surface area contributed by atoms with Gasteiger partial charge in [0.05, 0.1) is 18.4 Å². The highest BCUT2D eigenvalue weighted by Gasteiger charge is 2.57. The van der Waals surface area contributed by atoms with Crippen LogP contribution in [0.4, 0.5) is 0 Å². The summed E-state index contributed by atoms with van der Waals surface area (Å²) in [6, 6.07) is 12.3. The minimum Gasteiger partial charge on any atom is -0.472 e. The summed E-state index contributed by atoms with van der Waals surface area (Å²) < 4.78 is 5.06. The molecule has 3 heterocycles. The number of aliphatic hydroxyl groups excluding tert-OH is 1. The van der Waals surface area contributed by atoms with Crippen molar-refractivity contribution in [3.05, 3.63) is 60.1 Å². The fourth-order valence-corrected chi connectivity index (χ4v) is 4.55. The predicted molar refractivity (Wildman–Crippen MR) is 86.0 cm³/mol. The highest BCUT2D eigenvalue weighted by Crippen LogP contribution is 2.51. The molecule has 4 rings (SSSR count). The Balaban J connectivity index is 1.62. The molecule has 120 valence electrons. The van der Waals surface area contributed by atoms with Crippen molar-refractivity contribution in [2.24, 2.45) is 5.41 Å². The van der Waals surface area contributed by atoms with Gasteiger partial charge in [0.1, 0.15) is 6.26 Å². The molecule has 2 fully saturated rings. The second-order valence-electron chi connectivity index (χ2n) is 6.86. The van der Waals surface area contributed by atoms with Crippen molar-refractivity contribution in [1.82, 2.24) is 4.90 Å². The molecule has 1 aromatic heterocycles. The summed E-state index contributed by atoms with van der Waals surface area (Å²) in [6.07, 6.45) is 6.76. The molecule has 0 unspecified atom stereocenters. The van der Waals surface area contributed by atoms with Crippen LogP contribution in [0.15, 0.2) is 53.3 Å². The fraction of sp³-hybridized carbons (Fsp3) is 0.421. The molecule has 2 bridgehead atoms. The summed E-state index contributed by atoms with van der Waals surface area (Å²) >= 11 is 0. The van der Waals surface area contributed by atoms with E-state index in [4.69, 9.17) is 4.42 Å². The Morgan fingerprint density at radius 1 is 1.26 bits per heavy atom. The van der Waals surface area contributed by atoms with Crippen LogP contribution in [0, 0.1) is 5.41 Å². The van der Waals surface area contributed by atoms with E-state index in [2.05, 4.69) is 12.1 Å². The Morgan fingerprint density at radius 3 is 2.78 bits per heavy atom. The number of rotatable bonds is 4. The maximum absolute atomic E-state index is 12.8. The third-order valence-electron chi connectivity index (χ3n) is 5.57. The van der Waals surface area contributed by atoms with Crippen molar-refractivity contribution in [2.45, 2.75) is 37.8 Å². The predicted octanol–water partition coefficient (Wildman–Crippen LogP) is 2.88. The van der Waals surface area contributed by atoms with Gasteiger partial charge in [-0.2, -0.15) is 0 Å². The second kappa shape index (κ2) is 5.53. The van der Waals surface area contributed by atoms with Gasteiger partial charge in [0, 0.05) is 17.5 Å². The van der Waals surface area contributed by atoms with Crippen molar-refractivity contribution in [1.29, 1.82) is 0 Å². The number of hydrogen-bond acceptors (Lipinski definition) is 3. The lowest BCUT2D eigenvalue weighted by molar-refractivity contribution is 0.0570. The Hall–Kier alpha value is -2.07. The third kappa shape index (κ3) is 2.29. The Bertz CT molecular complexity index is 682. The minimum absolute atomic E-state index is 0.0367. The molecule has 4 heteroatoms. The number of carbonyl (C=O) groups is 1. The monoisotopic (exact) mass is 311 g/mol. The summed E-state index contributed by atoms with van der Waals surface area (Å²) in [5.74, 6) is 0.0367. The van der Waals surface area contributed by atoms with Gasteiger partial charge in [-0.1, -0.05) is 30.3 Å². The van der Waals surface area contributed by atoms with Crippen molar-refractivity contribution >= 4 is 5.91 Å². The first-order valence-electron chi connectivity index (χ1n) is 8.23. The SMILES string of the molecule is O=C(c1ccoc1)N1[C@H]2CC[C@@H]1[C@@](CO)(Cc1ccccc1)C2. The van der Waals surface area contributed by atoms with Crippen molar-refractivity contribution in [3.63, 3.8) is 0 Å². The van der Waals surface area contributed by atoms with Crippen LogP contribution in [0.25, 0.3) is 0 Å². The molecule has 3 atom stereocenters. The Labute approximate surface area is 135 Å². The average molecular weight is 311 g/mol. The van der Waals surface area contributed by atoms with E-state index in [1.807, 2.05) is 23.1 Å². The fourth-order valence-electron chi connectivity index (χ4n) is 4.55. The van der Waals surface area contributed by atoms with Gasteiger partial charge in [-0.3, -0.25) is 4.79 Å². The van der Waals surface area contributed by atoms with E-state index in [9.17, 15) is 9.90 Å². The zero-order valence-corrected chi connectivity index (χ0v) is 13.0. The maximum Gasteiger partial charge on any atom is 0.257 e. The highest BCUT2D eigenvalue weighted by molar-refractivity contribution is 5.94. The maximum atomic E-state index is 12.8. The number of benzene rings is 1. The van der Waals surface area contributed by atoms with Gasteiger partial charge in [0.25, 0.3) is 5.91 Å². The van der Waals surface area contributed by atoms with Crippen molar-refractivity contribution < 1.29 is 14.3 Å². The number of nitrogens with zero attached hydrogens (tertiary/aromatic N) is 1. The van der Waals surface area contributed by atoms with Crippen LogP contribution in [0.5, 0.6) is 0 Å². The Kier molecular flexibility index (Phi) is 3.49. The molecular weight excluding hydrogens is 290 g/mol. The largest absolute Gasteiger partial charge is 0.472 e. The molecule has 1 aromatic carbocycles. The number of aliphatic hydroxyl groups is 1. The van der Waals surface area contributed by atoms with Crippen molar-refractivity contribution in [2.75, 3.05) is 6.61 Å². The lowest BCUT2D eigenvalue weighted by Crippen LogP contribution is -2.43. The smallest absolute Gasteiger partial charge is 0.257 e. The molecule has 4 nitrogen and oxygen atoms in total. The zero-order valence-electron chi connectivity index (χ0n) is 13.0. The van der Waals surface area contributed by atoms with E-state index in [-0.39, 0.29) is 30.0 Å². The van der Waals surface area contributed by atoms with Gasteiger partial charge in [0.2, 0.25) is 0 Å². The second-order valence-corrected chi connectivity index (χ2v) is 6.86. The molecule has 0 aliphatic carbocycles. The molecule has 1 N–H and O–H groups in total. The zero-order chi connectivity index (χ0) is 15.9. The highest BCUT2D eigenvalue weighted by atomic mass is 16.3. The van der Waals surface area contributed by atoms with E-state index < -0.39 is 0 Å². The average Bonchev–Trinajstić information content (AvgIpc) is 3.30. The summed E-state index contributed by atoms with van der Waals surface area (Å²) in [4.78, 5) is 14.8. The van der Waals surface area contributed by atoms with Gasteiger partial charge < -0.3 is 14.4 Å². The van der Waals surface area contributed by atoms with E-state index >= 15 is 0 Å². The molecule has 0 spiro atoms. The van der Waals surface area contributed by atoms with Gasteiger partial charge in [-0.25, -0.2) is 0 Å². The van der Waals surface area contributed by atoms with E-state index in [0.717, 1.165) is 25.7 Å². The number of fused-ring (bicyclic) bond motifs is 2. The van der Waals surface area contributed by atoms with E-state index in [1.54, 1.807) is 6.07 Å². The number of amides is 1. The van der Waals surface area contributed by atoms with Gasteiger partial charge >= 0.3 is 0 Å². The van der Waals surface area contributed by atoms with E-state index in [0.29, 0.717) is 5.56 Å². The molecule has 2 saturated heterocycles. The lowest BCUT2D eigenvalue weighted by atomic mass is 9.70. The van der Waals surface area contributed by atoms with Gasteiger partial charge in [-0.15, -0.1) is 0 Å². The quantitative estimate of drug-likeness (QED) is 0.944. The van der Waals surface area contributed by atoms with E-state index in [1.165, 1.54) is 18.1 Å². The van der Waals surface area contributed by atoms with Crippen LogP contribution < -0.4 is 0 Å². The minimum atomic E-state index is -0.219. The first-order valence-corrected chi connectivity index (χ1v) is 8.23. The Morgan fingerprint density at radius 2 is 2.09 bits per heavy atom. The first-order chi connectivity index (χ1) is 11.2. The lowest BCUT2D eigenvalue weighted by Gasteiger charge is -2.36. The molecule has 23 heavy (non-hydrogen) atoms. The topological polar surface area (TPSA) is 53.7 Å². The molecule has 2 aromatic rings. The van der Waals surface area contributed by atoms with Gasteiger partial charge in [0.15, 0.2) is 0 Å². The van der Waals surface area contributed by atoms with Crippen LogP contribution in [-0.2, 0) is 6.42 Å². The van der Waals surface area contributed by atoms with Crippen LogP contribution in [0.1, 0.15) is 35.2 Å². The van der Waals surface area contributed by atoms with Crippen molar-refractivity contribution in [3.8, 4) is 0 Å². The molecule has 2 aliphatic heterocycles. The molecule has 0 radical (unpaired) electrons. The molecular formula is C19H21NO3. The summed E-state index contributed by atoms with van der Waals surface area (Å²) in [7, 11) is 0. The number of furan rings is 1. The van der Waals surface area contributed by atoms with Gasteiger partial charge in [-0.05, 0) is 37.3 Å². The molecule has 1 amide bonds. The van der Waals surface area contributed by atoms with Crippen LogP contribution in [-0.4, -0.2) is 34.6 Å². The summed E-state index contributed by atoms with van der Waals surface area (Å²) in [5, 5.41) is 10.2. The normalized spacial score (nSPS) is 29.2. The van der Waals surface area contributed by atoms with Crippen LogP contribution in [0.2, 0.25) is 0 Å². The summed E-state index contributed by atoms with van der Waals surface area (Å²) in [6.45, 7) is 0.123. The number of carbonyl (C=O) groups excluding carboxylic acids is 1. The number of hydrogen-bond donors (Lipinski definition) is 1. The first kappa shape index (κ1) is 14.5. The third-order valence-corrected chi connectivity index (χ3v) is 5.57. The van der Waals surface area contributed by atoms with Crippen LogP contribution in [0.3, 0.4) is 0 Å². The summed E-state index contributed by atoms with van der Waals surface area (Å²) in [5.41, 5.74) is 1.61. The molecule has 2 aliphatic rings. The van der Waals surface area contributed by atoms with Crippen LogP contribution >= 0.6 is 0 Å². The standard InChI is InChI=1S/C19H21NO3/c21-13-19(10-14-4-2-1-3-5-14)11-16-6-7-17(19)20(16)18(22)15-8-9-23-12-15/h1-5,8-9,12,16-17,21H,6-7,10-11,13H2/t16-,17+,19-/m0/s1.